The molecule has 1 atom stereocenters. The van der Waals surface area contributed by atoms with Crippen molar-refractivity contribution in [3.05, 3.63) is 174 Å². The number of hydrogen-bond acceptors (Lipinski definition) is 3. The van der Waals surface area contributed by atoms with Crippen LogP contribution < -0.4 is 4.74 Å². The van der Waals surface area contributed by atoms with E-state index in [2.05, 4.69) is 138 Å². The molecule has 0 bridgehead atoms. The fourth-order valence-electron chi connectivity index (χ4n) is 8.03. The zero-order valence-electron chi connectivity index (χ0n) is 25.1. The summed E-state index contributed by atoms with van der Waals surface area (Å²) in [7, 11) is 0. The second-order valence-electron chi connectivity index (χ2n) is 12.4. The van der Waals surface area contributed by atoms with Crippen LogP contribution in [0.4, 0.5) is 0 Å². The van der Waals surface area contributed by atoms with E-state index in [0.29, 0.717) is 0 Å². The Hall–Kier alpha value is -5.80. The third-order valence-electron chi connectivity index (χ3n) is 10.1. The van der Waals surface area contributed by atoms with Crippen molar-refractivity contribution in [2.45, 2.75) is 18.3 Å². The van der Waals surface area contributed by atoms with Crippen molar-refractivity contribution in [2.75, 3.05) is 0 Å². The number of fused-ring (bicyclic) bond motifs is 11. The van der Waals surface area contributed by atoms with Gasteiger partial charge in [0, 0.05) is 33.7 Å². The molecule has 5 aromatic carbocycles. The van der Waals surface area contributed by atoms with Gasteiger partial charge in [0.15, 0.2) is 0 Å². The number of hydrogen-bond donors (Lipinski definition) is 0. The predicted molar refractivity (Wildman–Crippen MR) is 186 cm³/mol. The first-order valence-electron chi connectivity index (χ1n) is 16.0. The van der Waals surface area contributed by atoms with E-state index < -0.39 is 5.41 Å². The van der Waals surface area contributed by atoms with Crippen molar-refractivity contribution in [1.29, 1.82) is 0 Å². The third kappa shape index (κ3) is 3.48. The molecular weight excluding hydrogens is 560 g/mol. The topological polar surface area (TPSA) is 35.0 Å². The molecule has 3 heteroatoms. The van der Waals surface area contributed by atoms with Crippen molar-refractivity contribution < 1.29 is 4.74 Å². The minimum Gasteiger partial charge on any atom is -0.457 e. The number of nitrogens with zero attached hydrogens (tertiary/aromatic N) is 2. The lowest BCUT2D eigenvalue weighted by molar-refractivity contribution is 0.435. The lowest BCUT2D eigenvalue weighted by Gasteiger charge is -2.40. The number of aromatic nitrogens is 2. The summed E-state index contributed by atoms with van der Waals surface area (Å²) in [5.41, 5.74) is 13.8. The molecular formula is C43H28N2O. The number of ether oxygens (including phenoxy) is 1. The number of para-hydroxylation sites is 1. The van der Waals surface area contributed by atoms with Crippen LogP contribution in [-0.2, 0) is 5.41 Å². The predicted octanol–water partition coefficient (Wildman–Crippen LogP) is 10.7. The highest BCUT2D eigenvalue weighted by molar-refractivity contribution is 6.03. The molecule has 0 amide bonds. The van der Waals surface area contributed by atoms with E-state index in [1.54, 1.807) is 0 Å². The first-order valence-corrected chi connectivity index (χ1v) is 16.0. The van der Waals surface area contributed by atoms with Crippen molar-refractivity contribution in [3.63, 3.8) is 0 Å². The van der Waals surface area contributed by atoms with Gasteiger partial charge >= 0.3 is 0 Å². The SMILES string of the molecule is C1=CC2=C(CC1)c1ccccc1C21c2ccccc2Oc2ccc(-c3ccc(-c4ccc5ccc6cccnc6c5n4)cc3)cc21. The van der Waals surface area contributed by atoms with E-state index in [4.69, 9.17) is 9.72 Å². The molecule has 216 valence electrons. The van der Waals surface area contributed by atoms with Crippen LogP contribution >= 0.6 is 0 Å². The summed E-state index contributed by atoms with van der Waals surface area (Å²) in [4.78, 5) is 9.71. The van der Waals surface area contributed by atoms with Crippen molar-refractivity contribution >= 4 is 27.4 Å². The van der Waals surface area contributed by atoms with Crippen LogP contribution in [0.15, 0.2) is 151 Å². The average molecular weight is 589 g/mol. The second kappa shape index (κ2) is 9.60. The van der Waals surface area contributed by atoms with Gasteiger partial charge in [0.05, 0.1) is 22.1 Å². The average Bonchev–Trinajstić information content (AvgIpc) is 3.42. The van der Waals surface area contributed by atoms with Gasteiger partial charge in [0.1, 0.15) is 11.5 Å². The van der Waals surface area contributed by atoms with E-state index in [9.17, 15) is 0 Å². The third-order valence-corrected chi connectivity index (χ3v) is 10.1. The molecule has 46 heavy (non-hydrogen) atoms. The molecule has 3 heterocycles. The second-order valence-corrected chi connectivity index (χ2v) is 12.4. The van der Waals surface area contributed by atoms with E-state index >= 15 is 0 Å². The highest BCUT2D eigenvalue weighted by Crippen LogP contribution is 2.62. The fourth-order valence-corrected chi connectivity index (χ4v) is 8.03. The van der Waals surface area contributed by atoms with Gasteiger partial charge in [0.25, 0.3) is 0 Å². The Balaban J connectivity index is 1.12. The number of benzene rings is 5. The summed E-state index contributed by atoms with van der Waals surface area (Å²) >= 11 is 0. The number of rotatable bonds is 2. The van der Waals surface area contributed by atoms with Crippen LogP contribution in [0, 0.1) is 0 Å². The maximum atomic E-state index is 6.63. The van der Waals surface area contributed by atoms with E-state index in [1.807, 2.05) is 12.3 Å². The smallest absolute Gasteiger partial charge is 0.132 e. The van der Waals surface area contributed by atoms with Crippen LogP contribution in [0.25, 0.3) is 49.8 Å². The molecule has 0 N–H and O–H groups in total. The van der Waals surface area contributed by atoms with Gasteiger partial charge in [-0.15, -0.1) is 0 Å². The van der Waals surface area contributed by atoms with E-state index in [-0.39, 0.29) is 0 Å². The maximum Gasteiger partial charge on any atom is 0.132 e. The number of allylic oxidation sites excluding steroid dienone is 4. The van der Waals surface area contributed by atoms with E-state index in [1.165, 1.54) is 39.0 Å². The first kappa shape index (κ1) is 25.5. The molecule has 10 rings (SSSR count). The molecule has 1 spiro atoms. The summed E-state index contributed by atoms with van der Waals surface area (Å²) in [6, 6.07) is 45.6. The summed E-state index contributed by atoms with van der Waals surface area (Å²) in [5, 5.41) is 2.20. The molecule has 0 saturated carbocycles. The molecule has 2 aromatic heterocycles. The fraction of sp³-hybridized carbons (Fsp3) is 0.0698. The molecule has 7 aromatic rings. The van der Waals surface area contributed by atoms with Gasteiger partial charge in [-0.1, -0.05) is 109 Å². The van der Waals surface area contributed by atoms with Gasteiger partial charge in [-0.05, 0) is 76.6 Å². The van der Waals surface area contributed by atoms with Crippen molar-refractivity contribution in [2.24, 2.45) is 0 Å². The Morgan fingerprint density at radius 3 is 2.24 bits per heavy atom. The van der Waals surface area contributed by atoms with Gasteiger partial charge < -0.3 is 4.74 Å². The minimum absolute atomic E-state index is 0.422. The minimum atomic E-state index is -0.422. The number of pyridine rings is 2. The normalized spacial score (nSPS) is 17.5. The molecule has 3 nitrogen and oxygen atoms in total. The van der Waals surface area contributed by atoms with Crippen molar-refractivity contribution in [3.8, 4) is 33.9 Å². The standard InChI is InChI=1S/C43H28N2O/c1-3-11-34-32(9-1)33-10-2-4-12-35(33)43(34)36-13-5-6-14-39(36)46-40-24-22-31(26-37(40)43)27-15-17-28(18-16-27)38-23-21-30-20-19-29-8-7-25-44-41(29)42(30)45-38/h1,3-9,11-26H,2,10H2. The van der Waals surface area contributed by atoms with Crippen LogP contribution in [0.5, 0.6) is 11.5 Å². The first-order chi connectivity index (χ1) is 22.8. The Morgan fingerprint density at radius 2 is 1.33 bits per heavy atom. The summed E-state index contributed by atoms with van der Waals surface area (Å²) in [6.07, 6.45) is 8.68. The Morgan fingerprint density at radius 1 is 0.587 bits per heavy atom. The lowest BCUT2D eigenvalue weighted by atomic mass is 9.64. The highest BCUT2D eigenvalue weighted by atomic mass is 16.5. The van der Waals surface area contributed by atoms with E-state index in [0.717, 1.165) is 63.0 Å². The van der Waals surface area contributed by atoms with Gasteiger partial charge in [-0.3, -0.25) is 4.98 Å². The molecule has 3 aliphatic rings. The van der Waals surface area contributed by atoms with Crippen LogP contribution in [0.1, 0.15) is 35.1 Å². The largest absolute Gasteiger partial charge is 0.457 e. The zero-order chi connectivity index (χ0) is 30.2. The Labute approximate surface area is 267 Å². The maximum absolute atomic E-state index is 6.63. The molecule has 0 fully saturated rings. The summed E-state index contributed by atoms with van der Waals surface area (Å²) in [6.45, 7) is 0. The highest BCUT2D eigenvalue weighted by Gasteiger charge is 2.51. The molecule has 0 radical (unpaired) electrons. The zero-order valence-corrected chi connectivity index (χ0v) is 25.1. The van der Waals surface area contributed by atoms with Crippen LogP contribution in [0.2, 0.25) is 0 Å². The summed E-state index contributed by atoms with van der Waals surface area (Å²) in [5.74, 6) is 1.85. The van der Waals surface area contributed by atoms with Gasteiger partial charge in [-0.2, -0.15) is 0 Å². The van der Waals surface area contributed by atoms with Crippen LogP contribution in [0.3, 0.4) is 0 Å². The Bertz CT molecular complexity index is 2450. The molecule has 1 unspecified atom stereocenters. The quantitative estimate of drug-likeness (QED) is 0.189. The molecule has 2 aliphatic carbocycles. The monoisotopic (exact) mass is 588 g/mol. The molecule has 1 aliphatic heterocycles. The van der Waals surface area contributed by atoms with Gasteiger partial charge in [-0.25, -0.2) is 4.98 Å². The van der Waals surface area contributed by atoms with Crippen LogP contribution in [-0.4, -0.2) is 9.97 Å². The summed E-state index contributed by atoms with van der Waals surface area (Å²) < 4.78 is 6.63. The lowest BCUT2D eigenvalue weighted by Crippen LogP contribution is -2.33. The van der Waals surface area contributed by atoms with Crippen molar-refractivity contribution in [1.82, 2.24) is 9.97 Å². The molecule has 0 saturated heterocycles. The van der Waals surface area contributed by atoms with Gasteiger partial charge in [0.2, 0.25) is 0 Å². The Kier molecular flexibility index (Phi) is 5.32.